The van der Waals surface area contributed by atoms with Crippen molar-refractivity contribution in [3.8, 4) is 5.75 Å². The fraction of sp³-hybridized carbons (Fsp3) is 0.417. The number of amides is 1. The molecule has 0 aliphatic heterocycles. The predicted octanol–water partition coefficient (Wildman–Crippen LogP) is 1.20. The molecule has 0 aliphatic carbocycles. The largest absolute Gasteiger partial charge is 0.497 e. The van der Waals surface area contributed by atoms with E-state index in [1.807, 2.05) is 6.92 Å². The van der Waals surface area contributed by atoms with Crippen LogP contribution in [0.1, 0.15) is 23.7 Å². The monoisotopic (exact) mass is 223 g/mol. The number of carbonyl (C=O) groups is 1. The molecule has 0 fully saturated rings. The molecule has 1 aromatic carbocycles. The van der Waals surface area contributed by atoms with E-state index in [1.54, 1.807) is 31.4 Å². The highest BCUT2D eigenvalue weighted by Gasteiger charge is 2.09. The van der Waals surface area contributed by atoms with Crippen molar-refractivity contribution in [1.29, 1.82) is 0 Å². The van der Waals surface area contributed by atoms with Crippen molar-refractivity contribution in [2.75, 3.05) is 13.7 Å². The molecule has 2 N–H and O–H groups in total. The van der Waals surface area contributed by atoms with Gasteiger partial charge in [0.1, 0.15) is 5.75 Å². The van der Waals surface area contributed by atoms with Gasteiger partial charge in [0.25, 0.3) is 5.91 Å². The Kier molecular flexibility index (Phi) is 4.79. The van der Waals surface area contributed by atoms with Crippen LogP contribution in [0.2, 0.25) is 0 Å². The minimum atomic E-state index is -0.153. The minimum Gasteiger partial charge on any atom is -0.497 e. The van der Waals surface area contributed by atoms with E-state index in [-0.39, 0.29) is 18.6 Å². The van der Waals surface area contributed by atoms with Gasteiger partial charge >= 0.3 is 0 Å². The molecule has 16 heavy (non-hydrogen) atoms. The van der Waals surface area contributed by atoms with Crippen LogP contribution in [0.25, 0.3) is 0 Å². The van der Waals surface area contributed by atoms with Crippen LogP contribution < -0.4 is 10.1 Å². The van der Waals surface area contributed by atoms with Gasteiger partial charge in [0.05, 0.1) is 7.11 Å². The second-order valence-electron chi connectivity index (χ2n) is 3.62. The Morgan fingerprint density at radius 1 is 1.56 bits per heavy atom. The minimum absolute atomic E-state index is 0.0382. The quantitative estimate of drug-likeness (QED) is 0.788. The van der Waals surface area contributed by atoms with E-state index in [4.69, 9.17) is 9.84 Å². The number of hydrogen-bond donors (Lipinski definition) is 2. The molecule has 0 aromatic heterocycles. The number of aliphatic hydroxyl groups excluding tert-OH is 1. The van der Waals surface area contributed by atoms with Gasteiger partial charge in [-0.3, -0.25) is 4.79 Å². The van der Waals surface area contributed by atoms with Crippen molar-refractivity contribution in [3.05, 3.63) is 29.8 Å². The summed E-state index contributed by atoms with van der Waals surface area (Å²) in [6.07, 6.45) is 0.551. The third-order valence-electron chi connectivity index (χ3n) is 2.27. The lowest BCUT2D eigenvalue weighted by Gasteiger charge is -2.12. The number of ether oxygens (including phenoxy) is 1. The van der Waals surface area contributed by atoms with Crippen molar-refractivity contribution < 1.29 is 14.6 Å². The van der Waals surface area contributed by atoms with Gasteiger partial charge < -0.3 is 15.2 Å². The average Bonchev–Trinajstić information content (AvgIpc) is 2.29. The number of methoxy groups -OCH3 is 1. The van der Waals surface area contributed by atoms with Crippen molar-refractivity contribution >= 4 is 5.91 Å². The van der Waals surface area contributed by atoms with Crippen LogP contribution in [0.3, 0.4) is 0 Å². The third-order valence-corrected chi connectivity index (χ3v) is 2.27. The molecule has 0 bridgehead atoms. The highest BCUT2D eigenvalue weighted by molar-refractivity contribution is 5.94. The topological polar surface area (TPSA) is 58.6 Å². The maximum absolute atomic E-state index is 11.7. The van der Waals surface area contributed by atoms with E-state index >= 15 is 0 Å². The SMILES string of the molecule is COc1cccc(C(=O)NC(C)CCO)c1. The summed E-state index contributed by atoms with van der Waals surface area (Å²) < 4.78 is 5.04. The Hall–Kier alpha value is -1.55. The van der Waals surface area contributed by atoms with E-state index < -0.39 is 0 Å². The van der Waals surface area contributed by atoms with E-state index in [0.29, 0.717) is 17.7 Å². The average molecular weight is 223 g/mol. The summed E-state index contributed by atoms with van der Waals surface area (Å²) in [4.78, 5) is 11.7. The highest BCUT2D eigenvalue weighted by atomic mass is 16.5. The summed E-state index contributed by atoms with van der Waals surface area (Å²) >= 11 is 0. The van der Waals surface area contributed by atoms with Gasteiger partial charge in [0.2, 0.25) is 0 Å². The first kappa shape index (κ1) is 12.5. The number of nitrogens with one attached hydrogen (secondary N) is 1. The Balaban J connectivity index is 2.65. The Labute approximate surface area is 95.2 Å². The van der Waals surface area contributed by atoms with Gasteiger partial charge in [0.15, 0.2) is 0 Å². The van der Waals surface area contributed by atoms with Crippen LogP contribution in [0.4, 0.5) is 0 Å². The molecule has 0 radical (unpaired) electrons. The molecule has 0 aliphatic rings. The van der Waals surface area contributed by atoms with Crippen molar-refractivity contribution in [2.45, 2.75) is 19.4 Å². The van der Waals surface area contributed by atoms with Crippen molar-refractivity contribution in [1.82, 2.24) is 5.32 Å². The third kappa shape index (κ3) is 3.55. The summed E-state index contributed by atoms with van der Waals surface area (Å²) in [7, 11) is 1.56. The van der Waals surface area contributed by atoms with Gasteiger partial charge in [-0.15, -0.1) is 0 Å². The van der Waals surface area contributed by atoms with Gasteiger partial charge in [-0.2, -0.15) is 0 Å². The summed E-state index contributed by atoms with van der Waals surface area (Å²) in [5.74, 6) is 0.502. The summed E-state index contributed by atoms with van der Waals surface area (Å²) in [5.41, 5.74) is 0.559. The van der Waals surface area contributed by atoms with Crippen LogP contribution in [-0.2, 0) is 0 Å². The first-order valence-electron chi connectivity index (χ1n) is 5.23. The van der Waals surface area contributed by atoms with Crippen LogP contribution in [0.15, 0.2) is 24.3 Å². The standard InChI is InChI=1S/C12H17NO3/c1-9(6-7-14)13-12(15)10-4-3-5-11(8-10)16-2/h3-5,8-9,14H,6-7H2,1-2H3,(H,13,15). The number of rotatable bonds is 5. The molecule has 1 atom stereocenters. The van der Waals surface area contributed by atoms with Gasteiger partial charge in [-0.05, 0) is 31.5 Å². The Bertz CT molecular complexity index is 352. The molecule has 0 heterocycles. The lowest BCUT2D eigenvalue weighted by Crippen LogP contribution is -2.33. The number of aliphatic hydroxyl groups is 1. The molecule has 0 spiro atoms. The fourth-order valence-corrected chi connectivity index (χ4v) is 1.34. The highest BCUT2D eigenvalue weighted by Crippen LogP contribution is 2.12. The van der Waals surface area contributed by atoms with Crippen molar-refractivity contribution in [2.24, 2.45) is 0 Å². The van der Waals surface area contributed by atoms with Crippen LogP contribution >= 0.6 is 0 Å². The van der Waals surface area contributed by atoms with E-state index in [1.165, 1.54) is 0 Å². The zero-order valence-electron chi connectivity index (χ0n) is 9.56. The second kappa shape index (κ2) is 6.12. The molecular weight excluding hydrogens is 206 g/mol. The van der Waals surface area contributed by atoms with Crippen molar-refractivity contribution in [3.63, 3.8) is 0 Å². The summed E-state index contributed by atoms with van der Waals surface area (Å²) in [5, 5.41) is 11.5. The Morgan fingerprint density at radius 2 is 2.31 bits per heavy atom. The molecule has 1 aromatic rings. The lowest BCUT2D eigenvalue weighted by molar-refractivity contribution is 0.0934. The number of benzene rings is 1. The summed E-state index contributed by atoms with van der Waals surface area (Å²) in [6.45, 7) is 1.92. The second-order valence-corrected chi connectivity index (χ2v) is 3.62. The molecule has 4 nitrogen and oxygen atoms in total. The van der Waals surface area contributed by atoms with Crippen LogP contribution in [0.5, 0.6) is 5.75 Å². The molecular formula is C12H17NO3. The molecule has 1 rings (SSSR count). The maximum atomic E-state index is 11.7. The number of hydrogen-bond acceptors (Lipinski definition) is 3. The van der Waals surface area contributed by atoms with E-state index in [0.717, 1.165) is 0 Å². The normalized spacial score (nSPS) is 11.9. The maximum Gasteiger partial charge on any atom is 0.251 e. The fourth-order valence-electron chi connectivity index (χ4n) is 1.34. The summed E-state index contributed by atoms with van der Waals surface area (Å²) in [6, 6.07) is 6.92. The van der Waals surface area contributed by atoms with Gasteiger partial charge in [0, 0.05) is 18.2 Å². The van der Waals surface area contributed by atoms with Crippen LogP contribution in [0, 0.1) is 0 Å². The first-order chi connectivity index (χ1) is 7.67. The molecule has 88 valence electrons. The lowest BCUT2D eigenvalue weighted by atomic mass is 10.1. The molecule has 0 saturated carbocycles. The smallest absolute Gasteiger partial charge is 0.251 e. The van der Waals surface area contributed by atoms with E-state index in [9.17, 15) is 4.79 Å². The molecule has 1 amide bonds. The van der Waals surface area contributed by atoms with E-state index in [2.05, 4.69) is 5.32 Å². The first-order valence-corrected chi connectivity index (χ1v) is 5.23. The molecule has 0 saturated heterocycles. The molecule has 4 heteroatoms. The zero-order chi connectivity index (χ0) is 12.0. The van der Waals surface area contributed by atoms with Gasteiger partial charge in [-0.1, -0.05) is 6.07 Å². The Morgan fingerprint density at radius 3 is 2.94 bits per heavy atom. The number of carbonyl (C=O) groups excluding carboxylic acids is 1. The molecule has 1 unspecified atom stereocenters. The van der Waals surface area contributed by atoms with Gasteiger partial charge in [-0.25, -0.2) is 0 Å². The predicted molar refractivity (Wildman–Crippen MR) is 61.6 cm³/mol. The van der Waals surface area contributed by atoms with Crippen LogP contribution in [-0.4, -0.2) is 30.8 Å². The zero-order valence-corrected chi connectivity index (χ0v) is 9.56.